The van der Waals surface area contributed by atoms with Gasteiger partial charge in [-0.3, -0.25) is 9.59 Å². The number of hydrogen-bond donors (Lipinski definition) is 2. The lowest BCUT2D eigenvalue weighted by Gasteiger charge is -2.24. The number of ether oxygens (including phenoxy) is 2. The first-order chi connectivity index (χ1) is 11.5. The van der Waals surface area contributed by atoms with E-state index in [-0.39, 0.29) is 41.1 Å². The molecule has 7 nitrogen and oxygen atoms in total. The molecule has 2 N–H and O–H groups in total. The molecule has 8 heteroatoms. The molecule has 130 valence electrons. The van der Waals surface area contributed by atoms with Crippen LogP contribution in [0, 0.1) is 0 Å². The zero-order valence-corrected chi connectivity index (χ0v) is 13.9. The minimum atomic E-state index is -1.80. The molecular weight excluding hydrogens is 313 g/mol. The molecule has 0 spiro atoms. The van der Waals surface area contributed by atoms with Crippen molar-refractivity contribution < 1.29 is 29.1 Å². The van der Waals surface area contributed by atoms with Crippen molar-refractivity contribution in [3.63, 3.8) is 0 Å². The van der Waals surface area contributed by atoms with E-state index in [2.05, 4.69) is 0 Å². The number of aldehydes is 1. The van der Waals surface area contributed by atoms with Crippen LogP contribution in [0.4, 0.5) is 0 Å². The summed E-state index contributed by atoms with van der Waals surface area (Å²) >= 11 is 0. The largest absolute Gasteiger partial charge is 0.493 e. The number of carbonyl (C=O) groups is 2. The van der Waals surface area contributed by atoms with Gasteiger partial charge in [0.05, 0.1) is 7.11 Å². The quantitative estimate of drug-likeness (QED) is 0.537. The number of likely N-dealkylation sites (N-methyl/N-ethyl adjacent to an activating group) is 1. The van der Waals surface area contributed by atoms with Crippen molar-refractivity contribution >= 4 is 24.8 Å². The number of rotatable bonds is 7. The van der Waals surface area contributed by atoms with E-state index in [4.69, 9.17) is 9.47 Å². The van der Waals surface area contributed by atoms with Crippen LogP contribution in [0.2, 0.25) is 0 Å². The lowest BCUT2D eigenvalue weighted by atomic mass is 9.77. The Kier molecular flexibility index (Phi) is 6.22. The summed E-state index contributed by atoms with van der Waals surface area (Å²) in [5.74, 6) is 0.278. The Morgan fingerprint density at radius 3 is 2.54 bits per heavy atom. The molecule has 0 atom stereocenters. The third-order valence-corrected chi connectivity index (χ3v) is 4.39. The zero-order chi connectivity index (χ0) is 17.7. The number of methoxy groups -OCH3 is 1. The van der Waals surface area contributed by atoms with Gasteiger partial charge in [-0.15, -0.1) is 0 Å². The van der Waals surface area contributed by atoms with Gasteiger partial charge in [0, 0.05) is 18.7 Å². The fourth-order valence-corrected chi connectivity index (χ4v) is 2.93. The Labute approximate surface area is 141 Å². The molecule has 0 unspecified atom stereocenters. The van der Waals surface area contributed by atoms with Crippen LogP contribution in [0.5, 0.6) is 11.5 Å². The first kappa shape index (κ1) is 18.3. The van der Waals surface area contributed by atoms with Crippen LogP contribution in [0.1, 0.15) is 36.0 Å². The van der Waals surface area contributed by atoms with E-state index in [0.717, 1.165) is 25.7 Å². The SMILES string of the molecule is COc1cc(B(O)O)c(C=O)cc1OCC(=O)N(C)C1CCCC1. The number of hydrogen-bond acceptors (Lipinski definition) is 6. The smallest absolute Gasteiger partial charge is 0.489 e. The molecular formula is C16H22BNO6. The normalized spacial score (nSPS) is 14.3. The Balaban J connectivity index is 2.10. The summed E-state index contributed by atoms with van der Waals surface area (Å²) in [4.78, 5) is 25.1. The van der Waals surface area contributed by atoms with E-state index < -0.39 is 7.12 Å². The molecule has 1 aliphatic carbocycles. The lowest BCUT2D eigenvalue weighted by Crippen LogP contribution is -2.38. The molecule has 0 heterocycles. The average Bonchev–Trinajstić information content (AvgIpc) is 3.12. The summed E-state index contributed by atoms with van der Waals surface area (Å²) in [6.45, 7) is -0.178. The van der Waals surface area contributed by atoms with E-state index in [1.807, 2.05) is 0 Å². The fourth-order valence-electron chi connectivity index (χ4n) is 2.93. The molecule has 0 saturated heterocycles. The van der Waals surface area contributed by atoms with Gasteiger partial charge in [-0.2, -0.15) is 0 Å². The highest BCUT2D eigenvalue weighted by Crippen LogP contribution is 2.27. The van der Waals surface area contributed by atoms with Crippen LogP contribution in [-0.4, -0.2) is 61.1 Å². The molecule has 1 aliphatic rings. The maximum atomic E-state index is 12.2. The molecule has 1 saturated carbocycles. The van der Waals surface area contributed by atoms with Crippen LogP contribution in [0.15, 0.2) is 12.1 Å². The van der Waals surface area contributed by atoms with Crippen molar-refractivity contribution in [2.45, 2.75) is 31.7 Å². The second-order valence-electron chi connectivity index (χ2n) is 5.86. The molecule has 1 fully saturated rings. The highest BCUT2D eigenvalue weighted by atomic mass is 16.5. The summed E-state index contributed by atoms with van der Waals surface area (Å²) in [6.07, 6.45) is 4.76. The van der Waals surface area contributed by atoms with Crippen molar-refractivity contribution in [2.75, 3.05) is 20.8 Å². The first-order valence-corrected chi connectivity index (χ1v) is 7.89. The summed E-state index contributed by atoms with van der Waals surface area (Å²) in [5.41, 5.74) is 0.0843. The molecule has 2 rings (SSSR count). The van der Waals surface area contributed by atoms with Crippen molar-refractivity contribution in [1.82, 2.24) is 4.90 Å². The van der Waals surface area contributed by atoms with E-state index in [1.54, 1.807) is 11.9 Å². The maximum Gasteiger partial charge on any atom is 0.489 e. The zero-order valence-electron chi connectivity index (χ0n) is 13.9. The highest BCUT2D eigenvalue weighted by molar-refractivity contribution is 6.60. The van der Waals surface area contributed by atoms with Crippen LogP contribution < -0.4 is 14.9 Å². The molecule has 1 amide bonds. The van der Waals surface area contributed by atoms with E-state index in [0.29, 0.717) is 6.29 Å². The summed E-state index contributed by atoms with van der Waals surface area (Å²) in [6, 6.07) is 2.90. The van der Waals surface area contributed by atoms with Crippen molar-refractivity contribution in [3.05, 3.63) is 17.7 Å². The molecule has 0 aromatic heterocycles. The number of nitrogens with zero attached hydrogens (tertiary/aromatic N) is 1. The van der Waals surface area contributed by atoms with Crippen molar-refractivity contribution in [1.29, 1.82) is 0 Å². The van der Waals surface area contributed by atoms with Crippen LogP contribution in [-0.2, 0) is 4.79 Å². The van der Waals surface area contributed by atoms with Gasteiger partial charge in [-0.1, -0.05) is 12.8 Å². The minimum absolute atomic E-state index is 0.0172. The Bertz CT molecular complexity index is 600. The molecule has 24 heavy (non-hydrogen) atoms. The topological polar surface area (TPSA) is 96.3 Å². The van der Waals surface area contributed by atoms with E-state index >= 15 is 0 Å². The first-order valence-electron chi connectivity index (χ1n) is 7.89. The van der Waals surface area contributed by atoms with E-state index in [1.165, 1.54) is 19.2 Å². The van der Waals surface area contributed by atoms with Gasteiger partial charge in [-0.25, -0.2) is 0 Å². The van der Waals surface area contributed by atoms with Crippen molar-refractivity contribution in [3.8, 4) is 11.5 Å². The minimum Gasteiger partial charge on any atom is -0.493 e. The number of amides is 1. The van der Waals surface area contributed by atoms with Gasteiger partial charge in [0.2, 0.25) is 0 Å². The van der Waals surface area contributed by atoms with Crippen LogP contribution >= 0.6 is 0 Å². The second kappa shape index (κ2) is 8.16. The second-order valence-corrected chi connectivity index (χ2v) is 5.86. The monoisotopic (exact) mass is 335 g/mol. The highest BCUT2D eigenvalue weighted by Gasteiger charge is 2.24. The standard InChI is InChI=1S/C16H22BNO6/c1-18(12-5-3-4-6-12)16(20)10-24-15-7-11(9-19)13(17(21)22)8-14(15)23-2/h7-9,12,21-22H,3-6,10H2,1-2H3. The summed E-state index contributed by atoms with van der Waals surface area (Å²) in [5, 5.41) is 18.6. The Morgan fingerprint density at radius 2 is 2.00 bits per heavy atom. The van der Waals surface area contributed by atoms with Gasteiger partial charge >= 0.3 is 7.12 Å². The molecule has 1 aromatic rings. The lowest BCUT2D eigenvalue weighted by molar-refractivity contribution is -0.134. The molecule has 0 aliphatic heterocycles. The van der Waals surface area contributed by atoms with E-state index in [9.17, 15) is 19.6 Å². The molecule has 0 radical (unpaired) electrons. The van der Waals surface area contributed by atoms with Crippen LogP contribution in [0.25, 0.3) is 0 Å². The van der Waals surface area contributed by atoms with Crippen molar-refractivity contribution in [2.24, 2.45) is 0 Å². The van der Waals surface area contributed by atoms with Gasteiger partial charge in [0.1, 0.15) is 6.29 Å². The Hall–Kier alpha value is -2.06. The molecule has 1 aromatic carbocycles. The predicted octanol–water partition coefficient (Wildman–Crippen LogP) is -0.0327. The number of carbonyl (C=O) groups excluding carboxylic acids is 2. The van der Waals surface area contributed by atoms with Gasteiger partial charge in [-0.05, 0) is 30.4 Å². The third-order valence-electron chi connectivity index (χ3n) is 4.39. The fraction of sp³-hybridized carbons (Fsp3) is 0.500. The molecule has 0 bridgehead atoms. The van der Waals surface area contributed by atoms with Gasteiger partial charge < -0.3 is 24.4 Å². The third kappa shape index (κ3) is 4.07. The average molecular weight is 335 g/mol. The van der Waals surface area contributed by atoms with Crippen LogP contribution in [0.3, 0.4) is 0 Å². The Morgan fingerprint density at radius 1 is 1.33 bits per heavy atom. The summed E-state index contributed by atoms with van der Waals surface area (Å²) in [7, 11) is 1.35. The predicted molar refractivity (Wildman–Crippen MR) is 88.7 cm³/mol. The maximum absolute atomic E-state index is 12.2. The van der Waals surface area contributed by atoms with Gasteiger partial charge in [0.15, 0.2) is 18.1 Å². The summed E-state index contributed by atoms with van der Waals surface area (Å²) < 4.78 is 10.6. The van der Waals surface area contributed by atoms with Gasteiger partial charge in [0.25, 0.3) is 5.91 Å². The number of benzene rings is 1.